The molecule has 2 heterocycles. The van der Waals surface area contributed by atoms with Crippen LogP contribution in [0.25, 0.3) is 0 Å². The summed E-state index contributed by atoms with van der Waals surface area (Å²) >= 11 is 0. The fraction of sp³-hybridized carbons (Fsp3) is 0.667. The van der Waals surface area contributed by atoms with Gasteiger partial charge < -0.3 is 4.74 Å². The van der Waals surface area contributed by atoms with Crippen molar-refractivity contribution in [2.45, 2.75) is 32.7 Å². The molecule has 3 heteroatoms. The maximum Gasteiger partial charge on any atom is 0.454 e. The second kappa shape index (κ2) is 2.81. The SMILES string of the molecule is CC(C)c1c[n+]2c([nH]1)OCCC2. The van der Waals surface area contributed by atoms with Crippen LogP contribution in [0.4, 0.5) is 0 Å². The summed E-state index contributed by atoms with van der Waals surface area (Å²) in [7, 11) is 0. The Kier molecular flexibility index (Phi) is 1.79. The molecule has 0 unspecified atom stereocenters. The summed E-state index contributed by atoms with van der Waals surface area (Å²) in [6.45, 7) is 6.28. The molecule has 0 aliphatic carbocycles. The molecule has 0 amide bonds. The van der Waals surface area contributed by atoms with Crippen molar-refractivity contribution in [2.75, 3.05) is 6.61 Å². The number of rotatable bonds is 1. The van der Waals surface area contributed by atoms with Crippen molar-refractivity contribution in [3.05, 3.63) is 11.9 Å². The molecule has 2 rings (SSSR count). The van der Waals surface area contributed by atoms with Crippen LogP contribution in [0.15, 0.2) is 6.20 Å². The molecule has 3 nitrogen and oxygen atoms in total. The average Bonchev–Trinajstić information content (AvgIpc) is 2.46. The number of nitrogens with one attached hydrogen (secondary N) is 1. The van der Waals surface area contributed by atoms with Gasteiger partial charge in [0.1, 0.15) is 11.9 Å². The first-order valence-corrected chi connectivity index (χ1v) is 4.52. The Morgan fingerprint density at radius 3 is 3.08 bits per heavy atom. The molecule has 66 valence electrons. The van der Waals surface area contributed by atoms with Crippen LogP contribution in [-0.4, -0.2) is 11.6 Å². The van der Waals surface area contributed by atoms with Crippen LogP contribution in [0, 0.1) is 0 Å². The number of aryl methyl sites for hydroxylation is 1. The van der Waals surface area contributed by atoms with Gasteiger partial charge in [-0.15, -0.1) is 0 Å². The molecule has 1 N–H and O–H groups in total. The predicted molar refractivity (Wildman–Crippen MR) is 45.2 cm³/mol. The van der Waals surface area contributed by atoms with Crippen LogP contribution in [-0.2, 0) is 6.54 Å². The van der Waals surface area contributed by atoms with Gasteiger partial charge in [0.2, 0.25) is 0 Å². The Morgan fingerprint density at radius 2 is 2.42 bits per heavy atom. The molecule has 0 saturated carbocycles. The van der Waals surface area contributed by atoms with Crippen molar-refractivity contribution in [1.82, 2.24) is 4.98 Å². The number of hydrogen-bond acceptors (Lipinski definition) is 1. The number of imidazole rings is 1. The van der Waals surface area contributed by atoms with E-state index < -0.39 is 0 Å². The molecule has 1 aromatic rings. The molecule has 1 aromatic heterocycles. The summed E-state index contributed by atoms with van der Waals surface area (Å²) in [5.74, 6) is 0.548. The van der Waals surface area contributed by atoms with Gasteiger partial charge >= 0.3 is 6.01 Å². The van der Waals surface area contributed by atoms with Crippen molar-refractivity contribution < 1.29 is 9.30 Å². The smallest absolute Gasteiger partial charge is 0.431 e. The topological polar surface area (TPSA) is 28.9 Å². The number of H-pyrrole nitrogens is 1. The predicted octanol–water partition coefficient (Wildman–Crippen LogP) is 1.21. The first kappa shape index (κ1) is 7.65. The maximum absolute atomic E-state index is 5.46. The highest BCUT2D eigenvalue weighted by Crippen LogP contribution is 2.15. The third kappa shape index (κ3) is 1.19. The minimum atomic E-state index is 0.548. The van der Waals surface area contributed by atoms with E-state index in [-0.39, 0.29) is 0 Å². The van der Waals surface area contributed by atoms with E-state index in [4.69, 9.17) is 4.74 Å². The lowest BCUT2D eigenvalue weighted by Gasteiger charge is -2.06. The van der Waals surface area contributed by atoms with Crippen molar-refractivity contribution >= 4 is 0 Å². The molecular weight excluding hydrogens is 152 g/mol. The summed E-state index contributed by atoms with van der Waals surface area (Å²) in [4.78, 5) is 3.27. The minimum Gasteiger partial charge on any atom is -0.431 e. The molecule has 0 radical (unpaired) electrons. The van der Waals surface area contributed by atoms with E-state index in [1.54, 1.807) is 0 Å². The highest BCUT2D eigenvalue weighted by Gasteiger charge is 2.21. The third-order valence-electron chi connectivity index (χ3n) is 2.21. The van der Waals surface area contributed by atoms with Gasteiger partial charge in [-0.25, -0.2) is 4.98 Å². The maximum atomic E-state index is 5.46. The summed E-state index contributed by atoms with van der Waals surface area (Å²) in [5, 5.41) is 0. The highest BCUT2D eigenvalue weighted by atomic mass is 16.5. The Morgan fingerprint density at radius 1 is 1.58 bits per heavy atom. The number of aromatic nitrogens is 2. The van der Waals surface area contributed by atoms with E-state index in [1.807, 2.05) is 0 Å². The van der Waals surface area contributed by atoms with E-state index >= 15 is 0 Å². The van der Waals surface area contributed by atoms with E-state index in [0.29, 0.717) is 5.92 Å². The Hall–Kier alpha value is -0.990. The summed E-state index contributed by atoms with van der Waals surface area (Å²) in [6.07, 6.45) is 3.27. The lowest BCUT2D eigenvalue weighted by molar-refractivity contribution is -0.709. The van der Waals surface area contributed by atoms with Crippen LogP contribution in [0.2, 0.25) is 0 Å². The molecule has 12 heavy (non-hydrogen) atoms. The first-order valence-electron chi connectivity index (χ1n) is 4.52. The normalized spacial score (nSPS) is 15.9. The van der Waals surface area contributed by atoms with Gasteiger partial charge in [0.05, 0.1) is 13.2 Å². The molecule has 0 saturated heterocycles. The zero-order chi connectivity index (χ0) is 8.55. The van der Waals surface area contributed by atoms with Crippen LogP contribution >= 0.6 is 0 Å². The zero-order valence-corrected chi connectivity index (χ0v) is 7.63. The fourth-order valence-electron chi connectivity index (χ4n) is 1.44. The average molecular weight is 167 g/mol. The minimum absolute atomic E-state index is 0.548. The van der Waals surface area contributed by atoms with Gasteiger partial charge in [0.25, 0.3) is 0 Å². The quantitative estimate of drug-likeness (QED) is 0.626. The van der Waals surface area contributed by atoms with Gasteiger partial charge in [-0.1, -0.05) is 13.8 Å². The molecule has 0 bridgehead atoms. The second-order valence-electron chi connectivity index (χ2n) is 3.56. The number of nitrogens with zero attached hydrogens (tertiary/aromatic N) is 1. The third-order valence-corrected chi connectivity index (χ3v) is 2.21. The fourth-order valence-corrected chi connectivity index (χ4v) is 1.44. The van der Waals surface area contributed by atoms with Crippen molar-refractivity contribution in [3.63, 3.8) is 0 Å². The molecule has 1 aliphatic heterocycles. The first-order chi connectivity index (χ1) is 5.77. The zero-order valence-electron chi connectivity index (χ0n) is 7.63. The van der Waals surface area contributed by atoms with Gasteiger partial charge in [-0.2, -0.15) is 4.57 Å². The highest BCUT2D eigenvalue weighted by molar-refractivity contribution is 5.02. The number of hydrogen-bond donors (Lipinski definition) is 1. The largest absolute Gasteiger partial charge is 0.454 e. The monoisotopic (exact) mass is 167 g/mol. The lowest BCUT2D eigenvalue weighted by atomic mass is 10.2. The molecule has 0 spiro atoms. The van der Waals surface area contributed by atoms with E-state index in [0.717, 1.165) is 25.6 Å². The van der Waals surface area contributed by atoms with Gasteiger partial charge in [0, 0.05) is 12.3 Å². The van der Waals surface area contributed by atoms with Crippen molar-refractivity contribution in [2.24, 2.45) is 0 Å². The summed E-state index contributed by atoms with van der Waals surface area (Å²) in [6, 6.07) is 0.921. The molecular formula is C9H15N2O+. The second-order valence-corrected chi connectivity index (χ2v) is 3.56. The summed E-state index contributed by atoms with van der Waals surface area (Å²) in [5.41, 5.74) is 1.26. The number of fused-ring (bicyclic) bond motifs is 1. The van der Waals surface area contributed by atoms with Crippen LogP contribution in [0.1, 0.15) is 31.9 Å². The Bertz CT molecular complexity index is 255. The standard InChI is InChI=1S/C9H14N2O/c1-7(2)8-6-11-4-3-5-12-9(11)10-8/h6-7H,3-5H2,1-2H3/p+1. The summed E-state index contributed by atoms with van der Waals surface area (Å²) < 4.78 is 7.61. The van der Waals surface area contributed by atoms with E-state index in [1.165, 1.54) is 5.69 Å². The van der Waals surface area contributed by atoms with E-state index in [2.05, 4.69) is 29.6 Å². The number of ether oxygens (including phenoxy) is 1. The molecule has 0 aromatic carbocycles. The lowest BCUT2D eigenvalue weighted by Crippen LogP contribution is -2.38. The molecule has 0 fully saturated rings. The van der Waals surface area contributed by atoms with Gasteiger partial charge in [-0.05, 0) is 0 Å². The Balaban J connectivity index is 2.32. The van der Waals surface area contributed by atoms with Crippen molar-refractivity contribution in [1.29, 1.82) is 0 Å². The van der Waals surface area contributed by atoms with Gasteiger partial charge in [0.15, 0.2) is 0 Å². The number of aromatic amines is 1. The Labute approximate surface area is 72.4 Å². The van der Waals surface area contributed by atoms with E-state index in [9.17, 15) is 0 Å². The molecule has 1 aliphatic rings. The molecule has 0 atom stereocenters. The van der Waals surface area contributed by atoms with Crippen LogP contribution in [0.5, 0.6) is 6.01 Å². The van der Waals surface area contributed by atoms with Crippen LogP contribution < -0.4 is 9.30 Å². The van der Waals surface area contributed by atoms with Crippen LogP contribution in [0.3, 0.4) is 0 Å². The van der Waals surface area contributed by atoms with Crippen molar-refractivity contribution in [3.8, 4) is 6.01 Å². The van der Waals surface area contributed by atoms with Gasteiger partial charge in [-0.3, -0.25) is 0 Å².